The third-order valence-corrected chi connectivity index (χ3v) is 7.17. The maximum atomic E-state index is 12.6. The van der Waals surface area contributed by atoms with Crippen molar-refractivity contribution in [2.75, 3.05) is 24.2 Å². The van der Waals surface area contributed by atoms with Gasteiger partial charge < -0.3 is 10.2 Å². The van der Waals surface area contributed by atoms with Gasteiger partial charge in [0.1, 0.15) is 10.6 Å². The molecule has 1 amide bonds. The number of sulfone groups is 1. The van der Waals surface area contributed by atoms with Crippen LogP contribution in [0.5, 0.6) is 0 Å². The number of aromatic nitrogens is 2. The highest BCUT2D eigenvalue weighted by atomic mass is 32.2. The topological polar surface area (TPSA) is 84.3 Å². The monoisotopic (exact) mass is 340 g/mol. The first-order valence-electron chi connectivity index (χ1n) is 8.07. The first-order valence-corrected chi connectivity index (χ1v) is 9.96. The molecule has 2 heterocycles. The Kier molecular flexibility index (Phi) is 4.12. The van der Waals surface area contributed by atoms with E-state index in [1.54, 1.807) is 6.20 Å². The number of carbonyl (C=O) groups excluding carboxylic acids is 1. The molecular formula is C15H24N4O3S. The van der Waals surface area contributed by atoms with Gasteiger partial charge in [-0.3, -0.25) is 9.48 Å². The van der Waals surface area contributed by atoms with E-state index in [4.69, 9.17) is 0 Å². The van der Waals surface area contributed by atoms with Crippen molar-refractivity contribution in [3.8, 4) is 0 Å². The number of hydrogen-bond acceptors (Lipinski definition) is 5. The lowest BCUT2D eigenvalue weighted by Gasteiger charge is -2.41. The second kappa shape index (κ2) is 5.81. The van der Waals surface area contributed by atoms with Crippen LogP contribution in [0, 0.1) is 0 Å². The zero-order valence-electron chi connectivity index (χ0n) is 13.7. The Labute approximate surface area is 137 Å². The maximum absolute atomic E-state index is 12.6. The summed E-state index contributed by atoms with van der Waals surface area (Å²) in [5, 5.41) is 7.17. The molecule has 23 heavy (non-hydrogen) atoms. The van der Waals surface area contributed by atoms with Crippen LogP contribution < -0.4 is 10.2 Å². The predicted molar refractivity (Wildman–Crippen MR) is 88.0 cm³/mol. The van der Waals surface area contributed by atoms with Crippen molar-refractivity contribution in [2.45, 2.75) is 42.9 Å². The van der Waals surface area contributed by atoms with Crippen LogP contribution >= 0.6 is 0 Å². The first-order chi connectivity index (χ1) is 10.8. The summed E-state index contributed by atoms with van der Waals surface area (Å²) in [6.45, 7) is 1.61. The Balaban J connectivity index is 1.68. The summed E-state index contributed by atoms with van der Waals surface area (Å²) in [4.78, 5) is 14.8. The summed E-state index contributed by atoms with van der Waals surface area (Å²) in [6, 6.07) is 1.93. The number of anilines is 1. The van der Waals surface area contributed by atoms with Gasteiger partial charge in [-0.25, -0.2) is 8.42 Å². The highest BCUT2D eigenvalue weighted by Gasteiger charge is 2.53. The minimum Gasteiger partial charge on any atom is -0.355 e. The van der Waals surface area contributed by atoms with Gasteiger partial charge in [-0.1, -0.05) is 0 Å². The molecule has 0 bridgehead atoms. The average Bonchev–Trinajstić information content (AvgIpc) is 2.82. The molecular weight excluding hydrogens is 316 g/mol. The molecule has 2 aliphatic rings. The number of amides is 1. The van der Waals surface area contributed by atoms with Crippen LogP contribution in [0.3, 0.4) is 0 Å². The van der Waals surface area contributed by atoms with E-state index in [0.717, 1.165) is 31.6 Å². The van der Waals surface area contributed by atoms with Gasteiger partial charge in [0.05, 0.1) is 6.20 Å². The molecule has 0 radical (unpaired) electrons. The van der Waals surface area contributed by atoms with Gasteiger partial charge in [-0.05, 0) is 32.1 Å². The zero-order chi connectivity index (χ0) is 16.7. The summed E-state index contributed by atoms with van der Waals surface area (Å²) >= 11 is 0. The lowest BCUT2D eigenvalue weighted by Crippen LogP contribution is -2.60. The van der Waals surface area contributed by atoms with E-state index in [0.29, 0.717) is 19.4 Å². The molecule has 3 rings (SSSR count). The molecule has 1 unspecified atom stereocenters. The number of piperidine rings is 1. The van der Waals surface area contributed by atoms with Crippen LogP contribution in [0.2, 0.25) is 0 Å². The maximum Gasteiger partial charge on any atom is 0.241 e. The third kappa shape index (κ3) is 2.84. The van der Waals surface area contributed by atoms with Gasteiger partial charge in [0.25, 0.3) is 0 Å². The van der Waals surface area contributed by atoms with Gasteiger partial charge in [0, 0.05) is 38.5 Å². The van der Waals surface area contributed by atoms with Crippen molar-refractivity contribution in [3.63, 3.8) is 0 Å². The molecule has 1 aromatic rings. The van der Waals surface area contributed by atoms with Crippen LogP contribution in [0.4, 0.5) is 5.82 Å². The van der Waals surface area contributed by atoms with E-state index in [2.05, 4.69) is 15.3 Å². The normalized spacial score (nSPS) is 24.1. The Hall–Kier alpha value is -1.57. The fourth-order valence-electron chi connectivity index (χ4n) is 3.56. The van der Waals surface area contributed by atoms with Crippen LogP contribution in [-0.4, -0.2) is 54.2 Å². The molecule has 0 aromatic carbocycles. The molecule has 0 spiro atoms. The number of aryl methyl sites for hydroxylation is 1. The van der Waals surface area contributed by atoms with E-state index in [1.807, 2.05) is 17.8 Å². The minimum absolute atomic E-state index is 0.0228. The molecule has 1 atom stereocenters. The van der Waals surface area contributed by atoms with Crippen LogP contribution in [-0.2, 0) is 21.7 Å². The first kappa shape index (κ1) is 16.3. The SMILES string of the molecule is Cn1nccc1N1CCCC(NC(=O)C2(S(C)(=O)=O)CCC2)C1. The lowest BCUT2D eigenvalue weighted by molar-refractivity contribution is -0.126. The lowest BCUT2D eigenvalue weighted by atomic mass is 9.83. The van der Waals surface area contributed by atoms with E-state index >= 15 is 0 Å². The number of nitrogens with zero attached hydrogens (tertiary/aromatic N) is 3. The highest BCUT2D eigenvalue weighted by molar-refractivity contribution is 7.93. The molecule has 1 saturated carbocycles. The van der Waals surface area contributed by atoms with Crippen LogP contribution in [0.1, 0.15) is 32.1 Å². The smallest absolute Gasteiger partial charge is 0.241 e. The molecule has 1 aromatic heterocycles. The summed E-state index contributed by atoms with van der Waals surface area (Å²) in [5.74, 6) is 0.702. The Morgan fingerprint density at radius 3 is 2.65 bits per heavy atom. The van der Waals surface area contributed by atoms with E-state index < -0.39 is 14.6 Å². The summed E-state index contributed by atoms with van der Waals surface area (Å²) in [6.07, 6.45) is 6.44. The van der Waals surface area contributed by atoms with Crippen molar-refractivity contribution in [3.05, 3.63) is 12.3 Å². The quantitative estimate of drug-likeness (QED) is 0.861. The third-order valence-electron chi connectivity index (χ3n) is 5.16. The highest BCUT2D eigenvalue weighted by Crippen LogP contribution is 2.39. The van der Waals surface area contributed by atoms with Crippen molar-refractivity contribution >= 4 is 21.6 Å². The molecule has 128 valence electrons. The molecule has 1 saturated heterocycles. The molecule has 2 fully saturated rings. The van der Waals surface area contributed by atoms with E-state index in [1.165, 1.54) is 6.26 Å². The van der Waals surface area contributed by atoms with Crippen LogP contribution in [0.25, 0.3) is 0 Å². The number of nitrogens with one attached hydrogen (secondary N) is 1. The van der Waals surface area contributed by atoms with Crippen molar-refractivity contribution in [2.24, 2.45) is 7.05 Å². The van der Waals surface area contributed by atoms with E-state index in [-0.39, 0.29) is 11.9 Å². The molecule has 1 N–H and O–H groups in total. The Morgan fingerprint density at radius 1 is 1.39 bits per heavy atom. The second-order valence-corrected chi connectivity index (χ2v) is 9.02. The minimum atomic E-state index is -3.38. The number of hydrogen-bond donors (Lipinski definition) is 1. The van der Waals surface area contributed by atoms with Crippen LogP contribution in [0.15, 0.2) is 12.3 Å². The fraction of sp³-hybridized carbons (Fsp3) is 0.733. The van der Waals surface area contributed by atoms with Gasteiger partial charge >= 0.3 is 0 Å². The van der Waals surface area contributed by atoms with Gasteiger partial charge in [0.15, 0.2) is 9.84 Å². The number of carbonyl (C=O) groups is 1. The second-order valence-electron chi connectivity index (χ2n) is 6.69. The largest absolute Gasteiger partial charge is 0.355 e. The average molecular weight is 340 g/mol. The Bertz CT molecular complexity index is 693. The zero-order valence-corrected chi connectivity index (χ0v) is 14.5. The molecule has 8 heteroatoms. The molecule has 7 nitrogen and oxygen atoms in total. The Morgan fingerprint density at radius 2 is 2.13 bits per heavy atom. The van der Waals surface area contributed by atoms with Gasteiger partial charge in [0.2, 0.25) is 5.91 Å². The van der Waals surface area contributed by atoms with Gasteiger partial charge in [-0.15, -0.1) is 0 Å². The molecule has 1 aliphatic carbocycles. The summed E-state index contributed by atoms with van der Waals surface area (Å²) in [7, 11) is -1.49. The predicted octanol–water partition coefficient (Wildman–Crippen LogP) is 0.472. The van der Waals surface area contributed by atoms with E-state index in [9.17, 15) is 13.2 Å². The fourth-order valence-corrected chi connectivity index (χ4v) is 4.99. The van der Waals surface area contributed by atoms with Crippen molar-refractivity contribution < 1.29 is 13.2 Å². The standard InChI is InChI=1S/C15H24N4O3S/c1-18-13(6-9-16-18)19-10-3-5-12(11-19)17-14(20)15(7-4-8-15)23(2,21)22/h6,9,12H,3-5,7-8,10-11H2,1-2H3,(H,17,20). The van der Waals surface area contributed by atoms with Gasteiger partial charge in [-0.2, -0.15) is 5.10 Å². The van der Waals surface area contributed by atoms with Crippen molar-refractivity contribution in [1.29, 1.82) is 0 Å². The summed E-state index contributed by atoms with van der Waals surface area (Å²) < 4.78 is 24.7. The summed E-state index contributed by atoms with van der Waals surface area (Å²) in [5.41, 5.74) is 0. The molecule has 1 aliphatic heterocycles. The number of rotatable bonds is 4. The van der Waals surface area contributed by atoms with Crippen molar-refractivity contribution in [1.82, 2.24) is 15.1 Å².